The normalized spacial score (nSPS) is 10.2. The van der Waals surface area contributed by atoms with Gasteiger partial charge in [-0.15, -0.1) is 0 Å². The van der Waals surface area contributed by atoms with Gasteiger partial charge in [-0.2, -0.15) is 0 Å². The lowest BCUT2D eigenvalue weighted by Crippen LogP contribution is -2.37. The summed E-state index contributed by atoms with van der Waals surface area (Å²) in [4.78, 5) is 36.6. The monoisotopic (exact) mass is 382 g/mol. The van der Waals surface area contributed by atoms with E-state index in [-0.39, 0.29) is 30.7 Å². The van der Waals surface area contributed by atoms with Crippen molar-refractivity contribution in [2.75, 3.05) is 25.5 Å². The van der Waals surface area contributed by atoms with E-state index < -0.39 is 0 Å². The number of nitrogens with one attached hydrogen (secondary N) is 1. The van der Waals surface area contributed by atoms with Gasteiger partial charge in [-0.1, -0.05) is 29.8 Å². The summed E-state index contributed by atoms with van der Waals surface area (Å²) in [5.41, 5.74) is 2.84. The molecule has 1 N–H and O–H groups in total. The van der Waals surface area contributed by atoms with Crippen molar-refractivity contribution in [3.05, 3.63) is 59.7 Å². The molecular formula is C22H26N2O4. The molecule has 0 spiro atoms. The van der Waals surface area contributed by atoms with Gasteiger partial charge >= 0.3 is 0 Å². The highest BCUT2D eigenvalue weighted by molar-refractivity contribution is 5.94. The highest BCUT2D eigenvalue weighted by Gasteiger charge is 2.14. The van der Waals surface area contributed by atoms with Crippen LogP contribution in [-0.2, 0) is 20.8 Å². The standard InChI is InChI=1S/C22H26N2O4/c1-16-4-10-19(11-5-16)23-21(26)14-24(3)22(27)15-28-20-12-8-18(9-13-20)7-6-17(2)25/h4-5,8-13H,6-7,14-15H2,1-3H3,(H,23,26). The Labute approximate surface area is 165 Å². The molecule has 0 aliphatic heterocycles. The van der Waals surface area contributed by atoms with Crippen molar-refractivity contribution in [1.29, 1.82) is 0 Å². The van der Waals surface area contributed by atoms with E-state index >= 15 is 0 Å². The summed E-state index contributed by atoms with van der Waals surface area (Å²) in [6.07, 6.45) is 1.20. The minimum absolute atomic E-state index is 0.0555. The van der Waals surface area contributed by atoms with Gasteiger partial charge in [-0.25, -0.2) is 0 Å². The molecule has 0 saturated heterocycles. The van der Waals surface area contributed by atoms with Crippen LogP contribution in [-0.4, -0.2) is 42.7 Å². The highest BCUT2D eigenvalue weighted by atomic mass is 16.5. The summed E-state index contributed by atoms with van der Waals surface area (Å²) in [7, 11) is 1.56. The summed E-state index contributed by atoms with van der Waals surface area (Å²) in [5.74, 6) is 0.159. The van der Waals surface area contributed by atoms with Crippen molar-refractivity contribution in [2.24, 2.45) is 0 Å². The maximum Gasteiger partial charge on any atom is 0.260 e. The number of likely N-dealkylation sites (N-methyl/N-ethyl adjacent to an activating group) is 1. The van der Waals surface area contributed by atoms with E-state index in [2.05, 4.69) is 5.32 Å². The number of anilines is 1. The van der Waals surface area contributed by atoms with Crippen molar-refractivity contribution in [2.45, 2.75) is 26.7 Å². The zero-order valence-corrected chi connectivity index (χ0v) is 16.5. The Morgan fingerprint density at radius 3 is 2.25 bits per heavy atom. The van der Waals surface area contributed by atoms with Gasteiger partial charge in [0.05, 0.1) is 6.54 Å². The Morgan fingerprint density at radius 1 is 1.00 bits per heavy atom. The minimum atomic E-state index is -0.292. The van der Waals surface area contributed by atoms with Crippen LogP contribution in [0.15, 0.2) is 48.5 Å². The Kier molecular flexibility index (Phi) is 7.75. The second-order valence-corrected chi connectivity index (χ2v) is 6.80. The van der Waals surface area contributed by atoms with Crippen LogP contribution in [0, 0.1) is 6.92 Å². The van der Waals surface area contributed by atoms with Crippen LogP contribution in [0.4, 0.5) is 5.69 Å². The Balaban J connectivity index is 1.76. The van der Waals surface area contributed by atoms with E-state index in [0.29, 0.717) is 24.3 Å². The number of Topliss-reactive ketones (excluding diaryl/α,β-unsaturated/α-hetero) is 1. The van der Waals surface area contributed by atoms with Gasteiger partial charge in [-0.05, 0) is 50.1 Å². The molecule has 2 aromatic carbocycles. The maximum atomic E-state index is 12.2. The summed E-state index contributed by atoms with van der Waals surface area (Å²) in [6.45, 7) is 3.33. The molecule has 0 unspecified atom stereocenters. The second kappa shape index (κ2) is 10.3. The van der Waals surface area contributed by atoms with E-state index in [4.69, 9.17) is 4.74 Å². The molecule has 0 aliphatic carbocycles. The van der Waals surface area contributed by atoms with E-state index in [1.807, 2.05) is 43.3 Å². The zero-order valence-electron chi connectivity index (χ0n) is 16.5. The van der Waals surface area contributed by atoms with E-state index in [1.165, 1.54) is 4.90 Å². The van der Waals surface area contributed by atoms with Gasteiger partial charge in [0, 0.05) is 19.2 Å². The minimum Gasteiger partial charge on any atom is -0.484 e. The van der Waals surface area contributed by atoms with Crippen LogP contribution in [0.25, 0.3) is 0 Å². The fraction of sp³-hybridized carbons (Fsp3) is 0.318. The van der Waals surface area contributed by atoms with Gasteiger partial charge in [0.25, 0.3) is 5.91 Å². The number of ether oxygens (including phenoxy) is 1. The third-order valence-electron chi connectivity index (χ3n) is 4.19. The number of aryl methyl sites for hydroxylation is 2. The number of hydrogen-bond acceptors (Lipinski definition) is 4. The van der Waals surface area contributed by atoms with Crippen LogP contribution in [0.3, 0.4) is 0 Å². The average Bonchev–Trinajstić information content (AvgIpc) is 2.67. The Morgan fingerprint density at radius 2 is 1.64 bits per heavy atom. The van der Waals surface area contributed by atoms with Crippen LogP contribution < -0.4 is 10.1 Å². The molecule has 0 aromatic heterocycles. The Bertz CT molecular complexity index is 813. The van der Waals surface area contributed by atoms with Crippen molar-refractivity contribution >= 4 is 23.3 Å². The van der Waals surface area contributed by atoms with Crippen LogP contribution in [0.1, 0.15) is 24.5 Å². The van der Waals surface area contributed by atoms with Gasteiger partial charge in [0.1, 0.15) is 11.5 Å². The first kappa shape index (κ1) is 21.2. The van der Waals surface area contributed by atoms with Crippen molar-refractivity contribution < 1.29 is 19.1 Å². The molecule has 0 heterocycles. The number of rotatable bonds is 9. The maximum absolute atomic E-state index is 12.2. The lowest BCUT2D eigenvalue weighted by atomic mass is 10.1. The van der Waals surface area contributed by atoms with E-state index in [1.54, 1.807) is 26.1 Å². The predicted octanol–water partition coefficient (Wildman–Crippen LogP) is 2.99. The van der Waals surface area contributed by atoms with Crippen LogP contribution >= 0.6 is 0 Å². The quantitative estimate of drug-likeness (QED) is 0.723. The van der Waals surface area contributed by atoms with Crippen LogP contribution in [0.5, 0.6) is 5.75 Å². The molecule has 148 valence electrons. The number of hydrogen-bond donors (Lipinski definition) is 1. The first-order valence-electron chi connectivity index (χ1n) is 9.15. The molecule has 2 aromatic rings. The van der Waals surface area contributed by atoms with Crippen molar-refractivity contribution in [3.63, 3.8) is 0 Å². The molecule has 0 fully saturated rings. The fourth-order valence-electron chi connectivity index (χ4n) is 2.47. The number of carbonyl (C=O) groups is 3. The summed E-state index contributed by atoms with van der Waals surface area (Å²) in [5, 5.41) is 2.76. The molecule has 6 heteroatoms. The lowest BCUT2D eigenvalue weighted by Gasteiger charge is -2.17. The van der Waals surface area contributed by atoms with Crippen molar-refractivity contribution in [3.8, 4) is 5.75 Å². The van der Waals surface area contributed by atoms with Gasteiger partial charge in [-0.3, -0.25) is 9.59 Å². The van der Waals surface area contributed by atoms with Gasteiger partial charge in [0.2, 0.25) is 5.91 Å². The first-order chi connectivity index (χ1) is 13.3. The lowest BCUT2D eigenvalue weighted by molar-refractivity contribution is -0.135. The summed E-state index contributed by atoms with van der Waals surface area (Å²) < 4.78 is 5.49. The molecule has 0 bridgehead atoms. The molecule has 0 aliphatic rings. The third-order valence-corrected chi connectivity index (χ3v) is 4.19. The summed E-state index contributed by atoms with van der Waals surface area (Å²) in [6, 6.07) is 14.7. The molecule has 28 heavy (non-hydrogen) atoms. The molecule has 2 rings (SSSR count). The van der Waals surface area contributed by atoms with E-state index in [0.717, 1.165) is 11.1 Å². The highest BCUT2D eigenvalue weighted by Crippen LogP contribution is 2.14. The van der Waals surface area contributed by atoms with Gasteiger partial charge in [0.15, 0.2) is 6.61 Å². The number of benzene rings is 2. The van der Waals surface area contributed by atoms with E-state index in [9.17, 15) is 14.4 Å². The zero-order chi connectivity index (χ0) is 20.5. The smallest absolute Gasteiger partial charge is 0.260 e. The molecule has 6 nitrogen and oxygen atoms in total. The third kappa shape index (κ3) is 7.23. The largest absolute Gasteiger partial charge is 0.484 e. The molecule has 0 atom stereocenters. The number of nitrogens with zero attached hydrogens (tertiary/aromatic N) is 1. The SMILES string of the molecule is CC(=O)CCc1ccc(OCC(=O)N(C)CC(=O)Nc2ccc(C)cc2)cc1. The topological polar surface area (TPSA) is 75.7 Å². The van der Waals surface area contributed by atoms with Crippen LogP contribution in [0.2, 0.25) is 0 Å². The number of ketones is 1. The molecule has 2 amide bonds. The predicted molar refractivity (Wildman–Crippen MR) is 108 cm³/mol. The Hall–Kier alpha value is -3.15. The first-order valence-corrected chi connectivity index (χ1v) is 9.15. The number of amides is 2. The molecular weight excluding hydrogens is 356 g/mol. The molecule has 0 radical (unpaired) electrons. The molecule has 0 saturated carbocycles. The fourth-order valence-corrected chi connectivity index (χ4v) is 2.47. The number of carbonyl (C=O) groups excluding carboxylic acids is 3. The summed E-state index contributed by atoms with van der Waals surface area (Å²) >= 11 is 0. The average molecular weight is 382 g/mol. The van der Waals surface area contributed by atoms with Gasteiger partial charge < -0.3 is 19.7 Å². The second-order valence-electron chi connectivity index (χ2n) is 6.80. The van der Waals surface area contributed by atoms with Crippen molar-refractivity contribution in [1.82, 2.24) is 4.90 Å².